The first-order chi connectivity index (χ1) is 5.27. The second-order valence-corrected chi connectivity index (χ2v) is 5.07. The molecule has 0 aliphatic heterocycles. The highest BCUT2D eigenvalue weighted by molar-refractivity contribution is 9.09. The van der Waals surface area contributed by atoms with Crippen molar-refractivity contribution in [3.63, 3.8) is 0 Å². The predicted molar refractivity (Wildman–Crippen MR) is 49.0 cm³/mol. The summed E-state index contributed by atoms with van der Waals surface area (Å²) in [5.41, 5.74) is 0.703. The lowest BCUT2D eigenvalue weighted by atomic mass is 9.85. The summed E-state index contributed by atoms with van der Waals surface area (Å²) in [7, 11) is 1.83. The molecule has 2 aliphatic rings. The van der Waals surface area contributed by atoms with Gasteiger partial charge in [-0.15, -0.1) is 0 Å². The molecule has 0 N–H and O–H groups in total. The average molecular weight is 219 g/mol. The fraction of sp³-hybridized carbons (Fsp3) is 1.00. The van der Waals surface area contributed by atoms with Gasteiger partial charge in [0.1, 0.15) is 0 Å². The van der Waals surface area contributed by atoms with Crippen molar-refractivity contribution in [1.29, 1.82) is 0 Å². The lowest BCUT2D eigenvalue weighted by molar-refractivity contribution is 0.0528. The van der Waals surface area contributed by atoms with Gasteiger partial charge in [-0.3, -0.25) is 0 Å². The maximum Gasteiger partial charge on any atom is 0.0571 e. The SMILES string of the molecule is COC1CCC2(CC1)CC2Br. The second-order valence-electron chi connectivity index (χ2n) is 3.97. The molecule has 0 amide bonds. The van der Waals surface area contributed by atoms with E-state index in [1.807, 2.05) is 7.11 Å². The predicted octanol–water partition coefficient (Wildman–Crippen LogP) is 2.73. The minimum absolute atomic E-state index is 0.556. The highest BCUT2D eigenvalue weighted by atomic mass is 79.9. The van der Waals surface area contributed by atoms with Crippen molar-refractivity contribution >= 4 is 15.9 Å². The molecule has 0 bridgehead atoms. The van der Waals surface area contributed by atoms with E-state index in [0.717, 1.165) is 4.83 Å². The number of hydrogen-bond acceptors (Lipinski definition) is 1. The van der Waals surface area contributed by atoms with Crippen LogP contribution < -0.4 is 0 Å². The van der Waals surface area contributed by atoms with Crippen LogP contribution in [0.25, 0.3) is 0 Å². The van der Waals surface area contributed by atoms with Gasteiger partial charge in [0.2, 0.25) is 0 Å². The van der Waals surface area contributed by atoms with E-state index in [0.29, 0.717) is 11.5 Å². The average Bonchev–Trinajstić information content (AvgIpc) is 2.64. The van der Waals surface area contributed by atoms with Gasteiger partial charge in [-0.05, 0) is 37.5 Å². The largest absolute Gasteiger partial charge is 0.381 e. The number of rotatable bonds is 1. The minimum atomic E-state index is 0.556. The zero-order chi connectivity index (χ0) is 7.90. The molecule has 0 aromatic carbocycles. The van der Waals surface area contributed by atoms with Crippen LogP contribution in [0, 0.1) is 5.41 Å². The quantitative estimate of drug-likeness (QED) is 0.616. The molecular weight excluding hydrogens is 204 g/mol. The summed E-state index contributed by atoms with van der Waals surface area (Å²) in [5, 5.41) is 0. The van der Waals surface area contributed by atoms with Crippen molar-refractivity contribution in [3.05, 3.63) is 0 Å². The maximum absolute atomic E-state index is 5.33. The second kappa shape index (κ2) is 2.74. The molecule has 2 saturated carbocycles. The first-order valence-corrected chi connectivity index (χ1v) is 5.35. The Balaban J connectivity index is 1.86. The van der Waals surface area contributed by atoms with Crippen LogP contribution in [0.2, 0.25) is 0 Å². The standard InChI is InChI=1S/C9H15BrO/c1-11-7-2-4-9(5-3-7)6-8(9)10/h7-8H,2-6H2,1H3. The van der Waals surface area contributed by atoms with E-state index < -0.39 is 0 Å². The van der Waals surface area contributed by atoms with Crippen LogP contribution in [0.15, 0.2) is 0 Å². The summed E-state index contributed by atoms with van der Waals surface area (Å²) in [6, 6.07) is 0. The summed E-state index contributed by atoms with van der Waals surface area (Å²) in [6.45, 7) is 0. The number of hydrogen-bond donors (Lipinski definition) is 0. The Bertz CT molecular complexity index is 150. The van der Waals surface area contributed by atoms with Gasteiger partial charge in [0.15, 0.2) is 0 Å². The lowest BCUT2D eigenvalue weighted by Crippen LogP contribution is -2.22. The molecule has 0 radical (unpaired) electrons. The third-order valence-corrected chi connectivity index (χ3v) is 4.65. The van der Waals surface area contributed by atoms with Crippen LogP contribution in [-0.2, 0) is 4.74 Å². The van der Waals surface area contributed by atoms with Crippen molar-refractivity contribution in [2.75, 3.05) is 7.11 Å². The molecule has 0 heterocycles. The summed E-state index contributed by atoms with van der Waals surface area (Å²) in [6.07, 6.45) is 7.27. The monoisotopic (exact) mass is 218 g/mol. The van der Waals surface area contributed by atoms with Crippen LogP contribution in [-0.4, -0.2) is 18.0 Å². The fourth-order valence-electron chi connectivity index (χ4n) is 2.22. The minimum Gasteiger partial charge on any atom is -0.381 e. The van der Waals surface area contributed by atoms with Crippen molar-refractivity contribution < 1.29 is 4.74 Å². The molecule has 0 aromatic heterocycles. The van der Waals surface area contributed by atoms with E-state index in [1.165, 1.54) is 32.1 Å². The molecule has 2 fully saturated rings. The first-order valence-electron chi connectivity index (χ1n) is 4.44. The number of methoxy groups -OCH3 is 1. The van der Waals surface area contributed by atoms with Gasteiger partial charge in [-0.2, -0.15) is 0 Å². The van der Waals surface area contributed by atoms with Crippen LogP contribution >= 0.6 is 15.9 Å². The summed E-state index contributed by atoms with van der Waals surface area (Å²) < 4.78 is 5.33. The van der Waals surface area contributed by atoms with Gasteiger partial charge < -0.3 is 4.74 Å². The number of halogens is 1. The molecule has 1 unspecified atom stereocenters. The van der Waals surface area contributed by atoms with E-state index in [4.69, 9.17) is 4.74 Å². The molecule has 2 heteroatoms. The smallest absolute Gasteiger partial charge is 0.0571 e. The lowest BCUT2D eigenvalue weighted by Gasteiger charge is -2.27. The summed E-state index contributed by atoms with van der Waals surface area (Å²) in [4.78, 5) is 0.827. The molecule has 1 spiro atoms. The normalized spacial score (nSPS) is 49.6. The van der Waals surface area contributed by atoms with E-state index in [1.54, 1.807) is 0 Å². The van der Waals surface area contributed by atoms with Gasteiger partial charge in [0.05, 0.1) is 6.10 Å². The Hall–Kier alpha value is 0.440. The van der Waals surface area contributed by atoms with Crippen molar-refractivity contribution in [2.45, 2.75) is 43.0 Å². The third-order valence-electron chi connectivity index (χ3n) is 3.35. The molecule has 2 rings (SSSR count). The Labute approximate surface area is 76.6 Å². The third kappa shape index (κ3) is 1.35. The molecule has 1 atom stereocenters. The van der Waals surface area contributed by atoms with Crippen LogP contribution in [0.4, 0.5) is 0 Å². The number of ether oxygens (including phenoxy) is 1. The molecule has 11 heavy (non-hydrogen) atoms. The summed E-state index contributed by atoms with van der Waals surface area (Å²) in [5.74, 6) is 0. The Morgan fingerprint density at radius 3 is 2.27 bits per heavy atom. The van der Waals surface area contributed by atoms with Gasteiger partial charge >= 0.3 is 0 Å². The fourth-order valence-corrected chi connectivity index (χ4v) is 3.32. The molecule has 1 nitrogen and oxygen atoms in total. The molecule has 0 saturated heterocycles. The van der Waals surface area contributed by atoms with E-state index in [-0.39, 0.29) is 0 Å². The zero-order valence-electron chi connectivity index (χ0n) is 6.98. The van der Waals surface area contributed by atoms with E-state index >= 15 is 0 Å². The Morgan fingerprint density at radius 2 is 1.91 bits per heavy atom. The first kappa shape index (κ1) is 8.06. The van der Waals surface area contributed by atoms with Crippen molar-refractivity contribution in [2.24, 2.45) is 5.41 Å². The zero-order valence-corrected chi connectivity index (χ0v) is 8.56. The topological polar surface area (TPSA) is 9.23 Å². The maximum atomic E-state index is 5.33. The van der Waals surface area contributed by atoms with E-state index in [9.17, 15) is 0 Å². The molecule has 64 valence electrons. The Morgan fingerprint density at radius 1 is 1.36 bits per heavy atom. The highest BCUT2D eigenvalue weighted by Gasteiger charge is 2.53. The van der Waals surface area contributed by atoms with Gasteiger partial charge in [-0.1, -0.05) is 15.9 Å². The number of alkyl halides is 1. The van der Waals surface area contributed by atoms with Crippen molar-refractivity contribution in [1.82, 2.24) is 0 Å². The van der Waals surface area contributed by atoms with Crippen LogP contribution in [0.3, 0.4) is 0 Å². The highest BCUT2D eigenvalue weighted by Crippen LogP contribution is 2.60. The van der Waals surface area contributed by atoms with Gasteiger partial charge in [-0.25, -0.2) is 0 Å². The van der Waals surface area contributed by atoms with Gasteiger partial charge in [0.25, 0.3) is 0 Å². The van der Waals surface area contributed by atoms with Gasteiger partial charge in [0, 0.05) is 11.9 Å². The van der Waals surface area contributed by atoms with Crippen LogP contribution in [0.5, 0.6) is 0 Å². The van der Waals surface area contributed by atoms with E-state index in [2.05, 4.69) is 15.9 Å². The molecule has 0 aromatic rings. The molecular formula is C9H15BrO. The Kier molecular flexibility index (Phi) is 2.00. The molecule has 2 aliphatic carbocycles. The van der Waals surface area contributed by atoms with Crippen LogP contribution in [0.1, 0.15) is 32.1 Å². The summed E-state index contributed by atoms with van der Waals surface area (Å²) >= 11 is 3.70. The van der Waals surface area contributed by atoms with Crippen molar-refractivity contribution in [3.8, 4) is 0 Å².